The van der Waals surface area contributed by atoms with Crippen LogP contribution in [0.15, 0.2) is 53.7 Å². The maximum atomic E-state index is 12.3. The summed E-state index contributed by atoms with van der Waals surface area (Å²) in [6.45, 7) is 3.07. The largest absolute Gasteiger partial charge is 0.508 e. The molecule has 2 aromatic rings. The van der Waals surface area contributed by atoms with Crippen LogP contribution >= 0.6 is 11.8 Å². The minimum atomic E-state index is -5.08. The molecule has 1 aromatic heterocycles. The van der Waals surface area contributed by atoms with Gasteiger partial charge in [-0.05, 0) is 36.4 Å². The number of carbonyl (C=O) groups excluding carboxylic acids is 1. The standard InChI is InChI=1S/C17H19N3O2S.C2HF3O2/c21-15-6-4-14(5-7-15)19-9-11-20(12-10-19)17(22)13-23-16-3-1-2-8-18-16;3-2(4,5)1(6)7/h1-8,21H,9-13H2;(H,6,7). The van der Waals surface area contributed by atoms with Crippen molar-refractivity contribution in [2.75, 3.05) is 36.8 Å². The monoisotopic (exact) mass is 443 g/mol. The van der Waals surface area contributed by atoms with Gasteiger partial charge in [0.05, 0.1) is 10.8 Å². The number of thioether (sulfide) groups is 1. The van der Waals surface area contributed by atoms with Crippen LogP contribution in [0.25, 0.3) is 0 Å². The number of amides is 1. The molecule has 1 aromatic carbocycles. The van der Waals surface area contributed by atoms with Crippen molar-refractivity contribution in [2.24, 2.45) is 0 Å². The lowest BCUT2D eigenvalue weighted by atomic mass is 10.2. The van der Waals surface area contributed by atoms with Gasteiger partial charge in [-0.3, -0.25) is 4.79 Å². The molecular weight excluding hydrogens is 423 g/mol. The molecule has 7 nitrogen and oxygen atoms in total. The summed E-state index contributed by atoms with van der Waals surface area (Å²) in [5.74, 6) is -1.90. The highest BCUT2D eigenvalue weighted by Gasteiger charge is 2.38. The zero-order valence-corrected chi connectivity index (χ0v) is 16.6. The second-order valence-corrected chi connectivity index (χ2v) is 7.14. The van der Waals surface area contributed by atoms with E-state index in [0.29, 0.717) is 5.75 Å². The Morgan fingerprint density at radius 3 is 2.13 bits per heavy atom. The summed E-state index contributed by atoms with van der Waals surface area (Å²) in [7, 11) is 0. The second kappa shape index (κ2) is 10.7. The van der Waals surface area contributed by atoms with Crippen LogP contribution in [-0.2, 0) is 9.59 Å². The number of halogens is 3. The van der Waals surface area contributed by atoms with Crippen molar-refractivity contribution in [3.05, 3.63) is 48.7 Å². The van der Waals surface area contributed by atoms with Gasteiger partial charge >= 0.3 is 12.1 Å². The number of aromatic hydroxyl groups is 1. The Hall–Kier alpha value is -2.95. The Bertz CT molecular complexity index is 827. The van der Waals surface area contributed by atoms with Crippen LogP contribution in [0.4, 0.5) is 18.9 Å². The number of carboxylic acid groups (broad SMARTS) is 1. The van der Waals surface area contributed by atoms with Crippen LogP contribution in [0.1, 0.15) is 0 Å². The van der Waals surface area contributed by atoms with Gasteiger partial charge in [-0.2, -0.15) is 13.2 Å². The number of rotatable bonds is 4. The molecule has 0 spiro atoms. The molecule has 0 saturated carbocycles. The average Bonchev–Trinajstić information content (AvgIpc) is 2.73. The first-order valence-electron chi connectivity index (χ1n) is 8.82. The van der Waals surface area contributed by atoms with Crippen molar-refractivity contribution in [3.8, 4) is 5.75 Å². The lowest BCUT2D eigenvalue weighted by Crippen LogP contribution is -2.49. The van der Waals surface area contributed by atoms with E-state index in [-0.39, 0.29) is 11.7 Å². The predicted octanol–water partition coefficient (Wildman–Crippen LogP) is 2.86. The number of nitrogens with zero attached hydrogens (tertiary/aromatic N) is 3. The van der Waals surface area contributed by atoms with Gasteiger partial charge in [0.25, 0.3) is 0 Å². The molecule has 0 bridgehead atoms. The minimum Gasteiger partial charge on any atom is -0.508 e. The van der Waals surface area contributed by atoms with Gasteiger partial charge in [0, 0.05) is 38.1 Å². The smallest absolute Gasteiger partial charge is 0.490 e. The second-order valence-electron chi connectivity index (χ2n) is 6.14. The van der Waals surface area contributed by atoms with Crippen LogP contribution in [0.5, 0.6) is 5.75 Å². The van der Waals surface area contributed by atoms with E-state index < -0.39 is 12.1 Å². The molecule has 1 aliphatic rings. The molecule has 11 heteroatoms. The fourth-order valence-electron chi connectivity index (χ4n) is 2.54. The van der Waals surface area contributed by atoms with Gasteiger partial charge < -0.3 is 20.0 Å². The zero-order chi connectivity index (χ0) is 22.1. The molecule has 3 rings (SSSR count). The van der Waals surface area contributed by atoms with E-state index in [1.165, 1.54) is 11.8 Å². The number of piperazine rings is 1. The van der Waals surface area contributed by atoms with Gasteiger partial charge in [-0.25, -0.2) is 9.78 Å². The Morgan fingerprint density at radius 1 is 1.03 bits per heavy atom. The summed E-state index contributed by atoms with van der Waals surface area (Å²) < 4.78 is 31.7. The Labute approximate surface area is 175 Å². The van der Waals surface area contributed by atoms with Gasteiger partial charge in [0.2, 0.25) is 5.91 Å². The van der Waals surface area contributed by atoms with Crippen molar-refractivity contribution in [3.63, 3.8) is 0 Å². The molecule has 2 N–H and O–H groups in total. The van der Waals surface area contributed by atoms with Crippen molar-refractivity contribution in [1.82, 2.24) is 9.88 Å². The quantitative estimate of drug-likeness (QED) is 0.702. The Balaban J connectivity index is 0.000000396. The molecule has 0 radical (unpaired) electrons. The molecule has 30 heavy (non-hydrogen) atoms. The number of carbonyl (C=O) groups is 2. The molecule has 0 aliphatic carbocycles. The average molecular weight is 443 g/mol. The van der Waals surface area contributed by atoms with Crippen LogP contribution in [0, 0.1) is 0 Å². The van der Waals surface area contributed by atoms with E-state index in [4.69, 9.17) is 9.90 Å². The summed E-state index contributed by atoms with van der Waals surface area (Å²) >= 11 is 1.48. The Kier molecular flexibility index (Phi) is 8.34. The normalized spacial score (nSPS) is 14.0. The molecule has 1 aliphatic heterocycles. The topological polar surface area (TPSA) is 94.0 Å². The first-order valence-corrected chi connectivity index (χ1v) is 9.81. The van der Waals surface area contributed by atoms with Gasteiger partial charge in [-0.1, -0.05) is 17.8 Å². The van der Waals surface area contributed by atoms with Crippen molar-refractivity contribution < 1.29 is 33.0 Å². The van der Waals surface area contributed by atoms with Crippen LogP contribution in [-0.4, -0.2) is 70.1 Å². The maximum absolute atomic E-state index is 12.3. The summed E-state index contributed by atoms with van der Waals surface area (Å²) in [5.41, 5.74) is 1.08. The minimum absolute atomic E-state index is 0.158. The number of aromatic nitrogens is 1. The van der Waals surface area contributed by atoms with E-state index >= 15 is 0 Å². The van der Waals surface area contributed by atoms with Crippen molar-refractivity contribution in [2.45, 2.75) is 11.2 Å². The molecule has 1 amide bonds. The molecule has 0 atom stereocenters. The Morgan fingerprint density at radius 2 is 1.63 bits per heavy atom. The van der Waals surface area contributed by atoms with Crippen LogP contribution in [0.3, 0.4) is 0 Å². The summed E-state index contributed by atoms with van der Waals surface area (Å²) in [5, 5.41) is 17.3. The van der Waals surface area contributed by atoms with E-state index in [1.807, 2.05) is 35.2 Å². The predicted molar refractivity (Wildman–Crippen MR) is 106 cm³/mol. The number of hydrogen-bond donors (Lipinski definition) is 2. The first-order chi connectivity index (χ1) is 14.2. The highest BCUT2D eigenvalue weighted by Crippen LogP contribution is 2.21. The highest BCUT2D eigenvalue weighted by molar-refractivity contribution is 7.99. The number of benzene rings is 1. The molecule has 162 valence electrons. The third kappa shape index (κ3) is 7.47. The van der Waals surface area contributed by atoms with Crippen LogP contribution in [0.2, 0.25) is 0 Å². The van der Waals surface area contributed by atoms with Crippen molar-refractivity contribution >= 4 is 29.3 Å². The van der Waals surface area contributed by atoms with Gasteiger partial charge in [0.15, 0.2) is 0 Å². The number of aliphatic carboxylic acids is 1. The van der Waals surface area contributed by atoms with Gasteiger partial charge in [0.1, 0.15) is 5.75 Å². The molecular formula is C19H20F3N3O4S. The van der Waals surface area contributed by atoms with E-state index in [2.05, 4.69) is 9.88 Å². The third-order valence-corrected chi connectivity index (χ3v) is 5.00. The number of pyridine rings is 1. The number of carboxylic acids is 1. The lowest BCUT2D eigenvalue weighted by Gasteiger charge is -2.36. The molecule has 0 unspecified atom stereocenters. The molecule has 1 saturated heterocycles. The SMILES string of the molecule is O=C(CSc1ccccn1)N1CCN(c2ccc(O)cc2)CC1.O=C(O)C(F)(F)F. The lowest BCUT2D eigenvalue weighted by molar-refractivity contribution is -0.192. The number of alkyl halides is 3. The summed E-state index contributed by atoms with van der Waals surface area (Å²) in [6.07, 6.45) is -3.34. The number of anilines is 1. The third-order valence-electron chi connectivity index (χ3n) is 4.07. The molecule has 1 fully saturated rings. The van der Waals surface area contributed by atoms with E-state index in [0.717, 1.165) is 36.9 Å². The van der Waals surface area contributed by atoms with Crippen molar-refractivity contribution in [1.29, 1.82) is 0 Å². The number of hydrogen-bond acceptors (Lipinski definition) is 6. The molecule has 2 heterocycles. The maximum Gasteiger partial charge on any atom is 0.490 e. The summed E-state index contributed by atoms with van der Waals surface area (Å²) in [4.78, 5) is 29.5. The zero-order valence-electron chi connectivity index (χ0n) is 15.7. The fourth-order valence-corrected chi connectivity index (χ4v) is 3.30. The van der Waals surface area contributed by atoms with Crippen LogP contribution < -0.4 is 4.90 Å². The van der Waals surface area contributed by atoms with E-state index in [9.17, 15) is 23.1 Å². The fraction of sp³-hybridized carbons (Fsp3) is 0.316. The van der Waals surface area contributed by atoms with E-state index in [1.54, 1.807) is 18.3 Å². The highest BCUT2D eigenvalue weighted by atomic mass is 32.2. The first kappa shape index (κ1) is 23.3. The van der Waals surface area contributed by atoms with Gasteiger partial charge in [-0.15, -0.1) is 0 Å². The number of phenolic OH excluding ortho intramolecular Hbond substituents is 1. The summed E-state index contributed by atoms with van der Waals surface area (Å²) in [6, 6.07) is 12.9. The number of phenols is 1.